The third-order valence-corrected chi connectivity index (χ3v) is 15.4. The molecule has 0 aliphatic heterocycles. The Bertz CT molecular complexity index is 2000. The van der Waals surface area contributed by atoms with Crippen LogP contribution in [0, 0.1) is 40.9 Å². The SMILES string of the molecule is C=CC[C@@H]1C[C@]1(NC(=O)[C@@H]1C[C@@H](n2nnc(-c3ccc(OC)cc3)n2)CC1C(=O)C(NC(=O)OC12CC3CC(CC(C3)C1)C2)C(C)(C)C)C(=O)NS(=O)(=O)C1CC1. The van der Waals surface area contributed by atoms with Gasteiger partial charge in [0.1, 0.15) is 16.9 Å². The van der Waals surface area contributed by atoms with Crippen molar-refractivity contribution in [1.29, 1.82) is 0 Å². The standard InChI is InChI=1S/C41H55N7O8S/c1-6-7-27-22-41(27,37(51)46-57(53,54)30-12-13-30)43-36(50)32-18-28(48-45-35(44-47-48)26-8-10-29(55-5)11-9-26)17-31(32)33(49)34(39(2,3)4)42-38(52)56-40-19-23-14-24(20-40)16-25(15-23)21-40/h6,8-11,23-25,27-28,30-32,34H,1,7,12-22H2,2-5H3,(H,42,52)(H,43,50)(H,46,51)/t23?,24?,25?,27-,28+,31?,32-,34?,40?,41-/m1/s1. The number of Topliss-reactive ketones (excluding diaryl/α,β-unsaturated/α-hetero) is 1. The Kier molecular flexibility index (Phi) is 10.0. The van der Waals surface area contributed by atoms with Crippen LogP contribution < -0.4 is 20.1 Å². The number of carbonyl (C=O) groups excluding carboxylic acids is 4. The van der Waals surface area contributed by atoms with E-state index in [1.165, 1.54) is 24.1 Å². The van der Waals surface area contributed by atoms with Crippen molar-refractivity contribution < 1.29 is 37.1 Å². The summed E-state index contributed by atoms with van der Waals surface area (Å²) in [5.41, 5.74) is -2.05. The summed E-state index contributed by atoms with van der Waals surface area (Å²) in [6.45, 7) is 9.39. The Morgan fingerprint density at radius 3 is 2.18 bits per heavy atom. The van der Waals surface area contributed by atoms with E-state index in [9.17, 15) is 27.6 Å². The van der Waals surface area contributed by atoms with Gasteiger partial charge in [0.2, 0.25) is 21.8 Å². The van der Waals surface area contributed by atoms with Gasteiger partial charge in [-0.15, -0.1) is 16.8 Å². The van der Waals surface area contributed by atoms with Crippen molar-refractivity contribution in [2.45, 2.75) is 126 Å². The molecule has 1 heterocycles. The maximum absolute atomic E-state index is 14.9. The van der Waals surface area contributed by atoms with Crippen LogP contribution in [0.1, 0.15) is 104 Å². The molecule has 2 aromatic rings. The van der Waals surface area contributed by atoms with E-state index >= 15 is 0 Å². The van der Waals surface area contributed by atoms with E-state index < -0.39 is 73.7 Å². The molecule has 57 heavy (non-hydrogen) atoms. The van der Waals surface area contributed by atoms with E-state index in [0.717, 1.165) is 19.3 Å². The molecule has 2 unspecified atom stereocenters. The molecule has 7 aliphatic carbocycles. The molecule has 3 N–H and O–H groups in total. The van der Waals surface area contributed by atoms with Gasteiger partial charge >= 0.3 is 6.09 Å². The van der Waals surface area contributed by atoms with Crippen molar-refractivity contribution in [3.8, 4) is 17.1 Å². The topological polar surface area (TPSA) is 201 Å². The Hall–Kier alpha value is -4.34. The van der Waals surface area contributed by atoms with Crippen molar-refractivity contribution in [3.63, 3.8) is 0 Å². The minimum absolute atomic E-state index is 0.138. The number of benzene rings is 1. The second-order valence-electron chi connectivity index (χ2n) is 18.9. The van der Waals surface area contributed by atoms with Gasteiger partial charge in [-0.2, -0.15) is 4.80 Å². The van der Waals surface area contributed by atoms with Gasteiger partial charge in [0.25, 0.3) is 5.91 Å². The summed E-state index contributed by atoms with van der Waals surface area (Å²) in [4.78, 5) is 58.4. The van der Waals surface area contributed by atoms with Crippen LogP contribution in [0.3, 0.4) is 0 Å². The highest BCUT2D eigenvalue weighted by Gasteiger charge is 2.63. The average Bonchev–Trinajstić information content (AvgIpc) is 4.01. The number of nitrogens with one attached hydrogen (secondary N) is 3. The van der Waals surface area contributed by atoms with E-state index in [1.54, 1.807) is 25.3 Å². The van der Waals surface area contributed by atoms with Gasteiger partial charge in [-0.05, 0) is 136 Å². The van der Waals surface area contributed by atoms with Crippen LogP contribution in [0.2, 0.25) is 0 Å². The zero-order valence-corrected chi connectivity index (χ0v) is 34.1. The van der Waals surface area contributed by atoms with Crippen molar-refractivity contribution in [1.82, 2.24) is 35.6 Å². The fourth-order valence-corrected chi connectivity index (χ4v) is 12.1. The number of allylic oxidation sites excluding steroid dienone is 1. The zero-order valence-electron chi connectivity index (χ0n) is 33.2. The molecular weight excluding hydrogens is 751 g/mol. The molecule has 9 rings (SSSR count). The van der Waals surface area contributed by atoms with Crippen LogP contribution in [-0.4, -0.2) is 81.9 Å². The van der Waals surface area contributed by atoms with E-state index in [2.05, 4.69) is 37.3 Å². The maximum atomic E-state index is 14.9. The highest BCUT2D eigenvalue weighted by Crippen LogP contribution is 2.57. The molecule has 3 amide bonds. The number of nitrogens with zero attached hydrogens (tertiary/aromatic N) is 4. The van der Waals surface area contributed by atoms with Gasteiger partial charge < -0.3 is 20.1 Å². The molecule has 0 saturated heterocycles. The molecule has 7 fully saturated rings. The fourth-order valence-electron chi connectivity index (χ4n) is 10.8. The summed E-state index contributed by atoms with van der Waals surface area (Å²) >= 11 is 0. The number of methoxy groups -OCH3 is 1. The Morgan fingerprint density at radius 2 is 1.60 bits per heavy atom. The number of amides is 3. The Morgan fingerprint density at radius 1 is 0.965 bits per heavy atom. The van der Waals surface area contributed by atoms with E-state index in [1.807, 2.05) is 32.9 Å². The first-order valence-corrected chi connectivity index (χ1v) is 22.0. The first-order valence-electron chi connectivity index (χ1n) is 20.5. The Labute approximate surface area is 333 Å². The van der Waals surface area contributed by atoms with Crippen molar-refractivity contribution >= 4 is 33.7 Å². The highest BCUT2D eigenvalue weighted by atomic mass is 32.2. The van der Waals surface area contributed by atoms with E-state index in [0.29, 0.717) is 54.2 Å². The van der Waals surface area contributed by atoms with Gasteiger partial charge in [-0.1, -0.05) is 26.8 Å². The van der Waals surface area contributed by atoms with Crippen LogP contribution in [0.5, 0.6) is 5.75 Å². The molecule has 1 aromatic carbocycles. The van der Waals surface area contributed by atoms with Crippen LogP contribution in [-0.2, 0) is 29.1 Å². The molecular formula is C41H55N7O8S. The van der Waals surface area contributed by atoms with Crippen LogP contribution in [0.15, 0.2) is 36.9 Å². The lowest BCUT2D eigenvalue weighted by Crippen LogP contribution is -2.57. The molecule has 308 valence electrons. The zero-order chi connectivity index (χ0) is 40.5. The lowest BCUT2D eigenvalue weighted by Gasteiger charge is -2.55. The first-order chi connectivity index (χ1) is 27.0. The molecule has 7 saturated carbocycles. The van der Waals surface area contributed by atoms with Crippen LogP contribution >= 0.6 is 0 Å². The number of aromatic nitrogens is 4. The van der Waals surface area contributed by atoms with Crippen molar-refractivity contribution in [2.75, 3.05) is 7.11 Å². The smallest absolute Gasteiger partial charge is 0.408 e. The van der Waals surface area contributed by atoms with Gasteiger partial charge in [0, 0.05) is 17.4 Å². The van der Waals surface area contributed by atoms with E-state index in [-0.39, 0.29) is 31.0 Å². The first kappa shape index (κ1) is 39.5. The molecule has 6 atom stereocenters. The summed E-state index contributed by atoms with van der Waals surface area (Å²) in [6, 6.07) is 5.65. The predicted octanol–water partition coefficient (Wildman–Crippen LogP) is 4.65. The third kappa shape index (κ3) is 7.82. The Balaban J connectivity index is 1.05. The molecule has 15 nitrogen and oxygen atoms in total. The summed E-state index contributed by atoms with van der Waals surface area (Å²) in [5.74, 6) is -1.21. The molecule has 16 heteroatoms. The highest BCUT2D eigenvalue weighted by molar-refractivity contribution is 7.91. The number of sulfonamides is 1. The van der Waals surface area contributed by atoms with Crippen LogP contribution in [0.25, 0.3) is 11.4 Å². The number of rotatable bonds is 14. The largest absolute Gasteiger partial charge is 0.497 e. The summed E-state index contributed by atoms with van der Waals surface area (Å²) in [7, 11) is -2.31. The number of ketones is 1. The number of hydrogen-bond donors (Lipinski definition) is 3. The van der Waals surface area contributed by atoms with Gasteiger partial charge in [-0.3, -0.25) is 19.1 Å². The average molecular weight is 806 g/mol. The van der Waals surface area contributed by atoms with Gasteiger partial charge in [0.05, 0.1) is 24.4 Å². The lowest BCUT2D eigenvalue weighted by atomic mass is 9.54. The predicted molar refractivity (Wildman–Crippen MR) is 208 cm³/mol. The van der Waals surface area contributed by atoms with E-state index in [4.69, 9.17) is 9.47 Å². The molecule has 0 radical (unpaired) electrons. The normalized spacial score (nSPS) is 33.2. The number of tetrazole rings is 1. The minimum atomic E-state index is -3.89. The third-order valence-electron chi connectivity index (χ3n) is 13.6. The summed E-state index contributed by atoms with van der Waals surface area (Å²) in [5, 5.41) is 18.5. The second kappa shape index (κ2) is 14.5. The fraction of sp³-hybridized carbons (Fsp3) is 0.683. The quantitative estimate of drug-likeness (QED) is 0.225. The number of hydrogen-bond acceptors (Lipinski definition) is 11. The molecule has 4 bridgehead atoms. The molecule has 7 aliphatic rings. The van der Waals surface area contributed by atoms with Gasteiger partial charge in [-0.25, -0.2) is 13.2 Å². The molecule has 0 spiro atoms. The second-order valence-corrected chi connectivity index (χ2v) is 20.9. The van der Waals surface area contributed by atoms with Crippen molar-refractivity contribution in [2.24, 2.45) is 40.9 Å². The summed E-state index contributed by atoms with van der Waals surface area (Å²) in [6.07, 6.45) is 8.98. The van der Waals surface area contributed by atoms with Crippen LogP contribution in [0.4, 0.5) is 4.79 Å². The number of alkyl carbamates (subject to hydrolysis) is 1. The number of carbonyl (C=O) groups is 4. The minimum Gasteiger partial charge on any atom is -0.497 e. The monoisotopic (exact) mass is 805 g/mol. The maximum Gasteiger partial charge on any atom is 0.408 e. The summed E-state index contributed by atoms with van der Waals surface area (Å²) < 4.78 is 39.5. The lowest BCUT2D eigenvalue weighted by molar-refractivity contribution is -0.138. The van der Waals surface area contributed by atoms with Gasteiger partial charge in [0.15, 0.2) is 5.78 Å². The molecule has 1 aromatic heterocycles. The van der Waals surface area contributed by atoms with Crippen molar-refractivity contribution in [3.05, 3.63) is 36.9 Å². The number of ether oxygens (including phenoxy) is 2.